The molecule has 0 saturated heterocycles. The molecule has 1 rings (SSSR count). The van der Waals surface area contributed by atoms with E-state index in [1.807, 2.05) is 0 Å². The van der Waals surface area contributed by atoms with Crippen molar-refractivity contribution in [2.75, 3.05) is 12.3 Å². The van der Waals surface area contributed by atoms with Gasteiger partial charge in [-0.2, -0.15) is 5.10 Å². The molecule has 0 atom stereocenters. The second-order valence-electron chi connectivity index (χ2n) is 2.81. The Morgan fingerprint density at radius 1 is 1.53 bits per heavy atom. The summed E-state index contributed by atoms with van der Waals surface area (Å²) >= 11 is 0. The fraction of sp³-hybridized carbons (Fsp3) is 0.500. The number of hydrogen-bond donors (Lipinski definition) is 2. The lowest BCUT2D eigenvalue weighted by atomic mass is 10.5. The van der Waals surface area contributed by atoms with Gasteiger partial charge in [-0.25, -0.2) is 23.2 Å². The number of carbonyl (C=O) groups excluding carboxylic acids is 1. The molecule has 15 heavy (non-hydrogen) atoms. The molecule has 1 amide bonds. The van der Waals surface area contributed by atoms with Gasteiger partial charge in [0.2, 0.25) is 15.9 Å². The van der Waals surface area contributed by atoms with Gasteiger partial charge in [0.15, 0.2) is 0 Å². The number of sulfonamides is 1. The van der Waals surface area contributed by atoms with Crippen LogP contribution in [0, 0.1) is 0 Å². The molecule has 1 aromatic rings. The molecule has 0 radical (unpaired) electrons. The highest BCUT2D eigenvalue weighted by atomic mass is 32.2. The molecule has 0 unspecified atom stereocenters. The quantitative estimate of drug-likeness (QED) is 0.591. The van der Waals surface area contributed by atoms with Crippen LogP contribution in [0.2, 0.25) is 0 Å². The number of hydrogen-bond acceptors (Lipinski definition) is 5. The second kappa shape index (κ2) is 4.84. The predicted octanol–water partition coefficient (Wildman–Crippen LogP) is -2.32. The van der Waals surface area contributed by atoms with Gasteiger partial charge in [0.1, 0.15) is 19.2 Å². The van der Waals surface area contributed by atoms with Crippen LogP contribution >= 0.6 is 0 Å². The number of aromatic nitrogens is 3. The molecular formula is C6H11N5O3S. The molecule has 0 fully saturated rings. The number of nitrogens with one attached hydrogen (secondary N) is 1. The van der Waals surface area contributed by atoms with Gasteiger partial charge in [-0.15, -0.1) is 0 Å². The Labute approximate surface area is 86.5 Å². The van der Waals surface area contributed by atoms with E-state index in [1.54, 1.807) is 0 Å². The zero-order valence-corrected chi connectivity index (χ0v) is 8.64. The molecular weight excluding hydrogens is 222 g/mol. The van der Waals surface area contributed by atoms with Crippen molar-refractivity contribution in [3.63, 3.8) is 0 Å². The fourth-order valence-corrected chi connectivity index (χ4v) is 1.24. The van der Waals surface area contributed by atoms with Gasteiger partial charge < -0.3 is 5.32 Å². The Balaban J connectivity index is 2.26. The first-order valence-corrected chi connectivity index (χ1v) is 5.78. The number of rotatable bonds is 5. The SMILES string of the molecule is NS(=O)(=O)CCNC(=O)Cn1cncn1. The van der Waals surface area contributed by atoms with Gasteiger partial charge in [0.05, 0.1) is 5.75 Å². The predicted molar refractivity (Wildman–Crippen MR) is 51.0 cm³/mol. The van der Waals surface area contributed by atoms with Gasteiger partial charge in [0, 0.05) is 6.54 Å². The van der Waals surface area contributed by atoms with Crippen molar-refractivity contribution in [2.45, 2.75) is 6.54 Å². The average Bonchev–Trinajstić information content (AvgIpc) is 2.54. The van der Waals surface area contributed by atoms with Crippen LogP contribution in [0.1, 0.15) is 0 Å². The summed E-state index contributed by atoms with van der Waals surface area (Å²) in [6.45, 7) is -0.00299. The minimum absolute atomic E-state index is 0.00458. The third-order valence-electron chi connectivity index (χ3n) is 1.48. The van der Waals surface area contributed by atoms with E-state index in [1.165, 1.54) is 17.3 Å². The van der Waals surface area contributed by atoms with Crippen molar-refractivity contribution in [1.29, 1.82) is 0 Å². The van der Waals surface area contributed by atoms with Crippen LogP contribution < -0.4 is 10.5 Å². The van der Waals surface area contributed by atoms with Crippen LogP contribution in [0.25, 0.3) is 0 Å². The largest absolute Gasteiger partial charge is 0.353 e. The third kappa shape index (κ3) is 5.08. The summed E-state index contributed by atoms with van der Waals surface area (Å²) in [5.74, 6) is -0.625. The number of carbonyl (C=O) groups is 1. The first-order chi connectivity index (χ1) is 6.97. The van der Waals surface area contributed by atoms with Crippen LogP contribution in [-0.4, -0.2) is 41.4 Å². The third-order valence-corrected chi connectivity index (χ3v) is 2.25. The summed E-state index contributed by atoms with van der Waals surface area (Å²) in [6, 6.07) is 0. The summed E-state index contributed by atoms with van der Waals surface area (Å²) in [7, 11) is -3.53. The molecule has 0 saturated carbocycles. The van der Waals surface area contributed by atoms with E-state index in [4.69, 9.17) is 5.14 Å². The molecule has 0 aliphatic heterocycles. The maximum absolute atomic E-state index is 11.2. The van der Waals surface area contributed by atoms with Crippen molar-refractivity contribution in [1.82, 2.24) is 20.1 Å². The summed E-state index contributed by atoms with van der Waals surface area (Å²) < 4.78 is 22.4. The molecule has 0 aromatic carbocycles. The van der Waals surface area contributed by atoms with E-state index < -0.39 is 10.0 Å². The summed E-state index contributed by atoms with van der Waals surface area (Å²) in [4.78, 5) is 14.8. The number of primary sulfonamides is 1. The van der Waals surface area contributed by atoms with Crippen molar-refractivity contribution in [2.24, 2.45) is 5.14 Å². The van der Waals surface area contributed by atoms with Crippen molar-refractivity contribution >= 4 is 15.9 Å². The molecule has 84 valence electrons. The zero-order valence-electron chi connectivity index (χ0n) is 7.83. The molecule has 1 aromatic heterocycles. The molecule has 0 aliphatic rings. The van der Waals surface area contributed by atoms with Crippen molar-refractivity contribution < 1.29 is 13.2 Å². The van der Waals surface area contributed by atoms with Crippen molar-refractivity contribution in [3.05, 3.63) is 12.7 Å². The number of nitrogens with zero attached hydrogens (tertiary/aromatic N) is 3. The smallest absolute Gasteiger partial charge is 0.241 e. The van der Waals surface area contributed by atoms with E-state index in [0.29, 0.717) is 0 Å². The molecule has 0 bridgehead atoms. The first kappa shape index (κ1) is 11.6. The van der Waals surface area contributed by atoms with Gasteiger partial charge in [0.25, 0.3) is 0 Å². The van der Waals surface area contributed by atoms with E-state index >= 15 is 0 Å². The minimum Gasteiger partial charge on any atom is -0.353 e. The Morgan fingerprint density at radius 2 is 2.27 bits per heavy atom. The number of nitrogens with two attached hydrogens (primary N) is 1. The fourth-order valence-electron chi connectivity index (χ4n) is 0.850. The maximum Gasteiger partial charge on any atom is 0.241 e. The van der Waals surface area contributed by atoms with E-state index in [9.17, 15) is 13.2 Å². The molecule has 9 heteroatoms. The second-order valence-corrected chi connectivity index (χ2v) is 4.54. The van der Waals surface area contributed by atoms with Crippen LogP contribution in [-0.2, 0) is 21.4 Å². The lowest BCUT2D eigenvalue weighted by Crippen LogP contribution is -2.33. The average molecular weight is 233 g/mol. The van der Waals surface area contributed by atoms with Gasteiger partial charge in [-0.3, -0.25) is 4.79 Å². The lowest BCUT2D eigenvalue weighted by Gasteiger charge is -2.03. The van der Waals surface area contributed by atoms with E-state index in [-0.39, 0.29) is 24.7 Å². The Kier molecular flexibility index (Phi) is 3.74. The molecule has 0 spiro atoms. The minimum atomic E-state index is -3.53. The highest BCUT2D eigenvalue weighted by Crippen LogP contribution is 1.81. The van der Waals surface area contributed by atoms with E-state index in [0.717, 1.165) is 0 Å². The van der Waals surface area contributed by atoms with Crippen LogP contribution in [0.4, 0.5) is 0 Å². The zero-order chi connectivity index (χ0) is 11.3. The maximum atomic E-state index is 11.2. The summed E-state index contributed by atoms with van der Waals surface area (Å²) in [6.07, 6.45) is 2.69. The standard InChI is InChI=1S/C6H11N5O3S/c7-15(13,14)2-1-9-6(12)3-11-5-8-4-10-11/h4-5H,1-3H2,(H,9,12)(H2,7,13,14). The normalized spacial score (nSPS) is 11.3. The molecule has 0 aliphatic carbocycles. The molecule has 3 N–H and O–H groups in total. The Morgan fingerprint density at radius 3 is 2.80 bits per heavy atom. The summed E-state index contributed by atoms with van der Waals surface area (Å²) in [5.41, 5.74) is 0. The lowest BCUT2D eigenvalue weighted by molar-refractivity contribution is -0.121. The van der Waals surface area contributed by atoms with Gasteiger partial charge in [-0.05, 0) is 0 Å². The van der Waals surface area contributed by atoms with E-state index in [2.05, 4.69) is 15.4 Å². The highest BCUT2D eigenvalue weighted by Gasteiger charge is 2.05. The topological polar surface area (TPSA) is 120 Å². The Hall–Kier alpha value is -1.48. The highest BCUT2D eigenvalue weighted by molar-refractivity contribution is 7.89. The van der Waals surface area contributed by atoms with Crippen LogP contribution in [0.5, 0.6) is 0 Å². The first-order valence-electron chi connectivity index (χ1n) is 4.07. The Bertz CT molecular complexity index is 412. The molecule has 8 nitrogen and oxygen atoms in total. The van der Waals surface area contributed by atoms with Crippen LogP contribution in [0.15, 0.2) is 12.7 Å². The van der Waals surface area contributed by atoms with Gasteiger partial charge >= 0.3 is 0 Å². The molecule has 1 heterocycles. The van der Waals surface area contributed by atoms with Gasteiger partial charge in [-0.1, -0.05) is 0 Å². The monoisotopic (exact) mass is 233 g/mol. The number of amides is 1. The van der Waals surface area contributed by atoms with Crippen LogP contribution in [0.3, 0.4) is 0 Å². The summed E-state index contributed by atoms with van der Waals surface area (Å²) in [5, 5.41) is 10.9. The van der Waals surface area contributed by atoms with Crippen molar-refractivity contribution in [3.8, 4) is 0 Å².